The molecule has 1 aliphatic rings. The zero-order valence-corrected chi connectivity index (χ0v) is 11.4. The van der Waals surface area contributed by atoms with Gasteiger partial charge in [-0.2, -0.15) is 0 Å². The van der Waals surface area contributed by atoms with Crippen molar-refractivity contribution in [3.05, 3.63) is 29.8 Å². The summed E-state index contributed by atoms with van der Waals surface area (Å²) in [5.41, 5.74) is 0.723. The predicted octanol–water partition coefficient (Wildman–Crippen LogP) is 1.99. The van der Waals surface area contributed by atoms with Crippen LogP contribution in [0.5, 0.6) is 5.75 Å². The van der Waals surface area contributed by atoms with E-state index in [1.807, 2.05) is 19.1 Å². The minimum Gasteiger partial charge on any atom is -0.497 e. The molecule has 100 valence electrons. The molecule has 1 fully saturated rings. The molecule has 2 rings (SSSR count). The van der Waals surface area contributed by atoms with Crippen molar-refractivity contribution in [2.24, 2.45) is 5.92 Å². The van der Waals surface area contributed by atoms with Crippen molar-refractivity contribution < 1.29 is 9.84 Å². The van der Waals surface area contributed by atoms with E-state index in [0.29, 0.717) is 6.04 Å². The topological polar surface area (TPSA) is 41.5 Å². The Hall–Kier alpha value is -1.06. The monoisotopic (exact) mass is 249 g/mol. The van der Waals surface area contributed by atoms with E-state index in [0.717, 1.165) is 25.1 Å². The largest absolute Gasteiger partial charge is 0.497 e. The summed E-state index contributed by atoms with van der Waals surface area (Å²) in [7, 11) is 1.68. The molecule has 2 N–H and O–H groups in total. The number of ether oxygens (including phenoxy) is 1. The SMILES string of the molecule is COc1ccc(CC2NCCC(C)(O)C2C)cc1. The first-order chi connectivity index (χ1) is 8.53. The van der Waals surface area contributed by atoms with Crippen molar-refractivity contribution in [3.63, 3.8) is 0 Å². The van der Waals surface area contributed by atoms with Crippen LogP contribution in [0.4, 0.5) is 0 Å². The number of nitrogens with one attached hydrogen (secondary N) is 1. The van der Waals surface area contributed by atoms with E-state index in [-0.39, 0.29) is 5.92 Å². The van der Waals surface area contributed by atoms with Gasteiger partial charge in [-0.3, -0.25) is 0 Å². The highest BCUT2D eigenvalue weighted by Crippen LogP contribution is 2.29. The third-order valence-corrected chi connectivity index (χ3v) is 4.24. The van der Waals surface area contributed by atoms with Gasteiger partial charge in [-0.15, -0.1) is 0 Å². The normalized spacial score (nSPS) is 32.2. The van der Waals surface area contributed by atoms with Gasteiger partial charge in [0.2, 0.25) is 0 Å². The molecule has 1 heterocycles. The minimum atomic E-state index is -0.553. The number of aliphatic hydroxyl groups is 1. The van der Waals surface area contributed by atoms with E-state index < -0.39 is 5.60 Å². The molecule has 0 saturated carbocycles. The molecular formula is C15H23NO2. The number of benzene rings is 1. The Balaban J connectivity index is 2.03. The van der Waals surface area contributed by atoms with Gasteiger partial charge in [0.1, 0.15) is 5.75 Å². The van der Waals surface area contributed by atoms with Gasteiger partial charge in [-0.05, 0) is 44.0 Å². The van der Waals surface area contributed by atoms with Crippen LogP contribution in [0, 0.1) is 5.92 Å². The summed E-state index contributed by atoms with van der Waals surface area (Å²) in [5.74, 6) is 1.14. The number of rotatable bonds is 3. The molecule has 1 saturated heterocycles. The van der Waals surface area contributed by atoms with E-state index >= 15 is 0 Å². The Bertz CT molecular complexity index is 386. The molecule has 1 aromatic rings. The lowest BCUT2D eigenvalue weighted by Gasteiger charge is -2.41. The molecule has 0 spiro atoms. The third kappa shape index (κ3) is 2.85. The van der Waals surface area contributed by atoms with Crippen molar-refractivity contribution in [2.75, 3.05) is 13.7 Å². The lowest BCUT2D eigenvalue weighted by atomic mass is 9.77. The van der Waals surface area contributed by atoms with Crippen LogP contribution in [-0.2, 0) is 6.42 Å². The van der Waals surface area contributed by atoms with Crippen LogP contribution in [0.2, 0.25) is 0 Å². The summed E-state index contributed by atoms with van der Waals surface area (Å²) in [6.45, 7) is 4.96. The average molecular weight is 249 g/mol. The van der Waals surface area contributed by atoms with Crippen molar-refractivity contribution in [1.29, 1.82) is 0 Å². The van der Waals surface area contributed by atoms with E-state index in [1.54, 1.807) is 7.11 Å². The zero-order chi connectivity index (χ0) is 13.2. The first-order valence-electron chi connectivity index (χ1n) is 6.61. The number of piperidine rings is 1. The summed E-state index contributed by atoms with van der Waals surface area (Å²) < 4.78 is 5.16. The van der Waals surface area contributed by atoms with Crippen LogP contribution < -0.4 is 10.1 Å². The predicted molar refractivity (Wildman–Crippen MR) is 72.9 cm³/mol. The maximum atomic E-state index is 10.3. The Labute approximate surface area is 109 Å². The Morgan fingerprint density at radius 2 is 2.06 bits per heavy atom. The molecule has 3 heteroatoms. The van der Waals surface area contributed by atoms with Crippen LogP contribution in [0.1, 0.15) is 25.8 Å². The van der Waals surface area contributed by atoms with Crippen LogP contribution >= 0.6 is 0 Å². The molecule has 1 aromatic carbocycles. The van der Waals surface area contributed by atoms with Gasteiger partial charge in [0.25, 0.3) is 0 Å². The summed E-state index contributed by atoms with van der Waals surface area (Å²) in [5, 5.41) is 13.8. The van der Waals surface area contributed by atoms with Gasteiger partial charge in [0, 0.05) is 12.0 Å². The number of methoxy groups -OCH3 is 1. The highest BCUT2D eigenvalue weighted by molar-refractivity contribution is 5.27. The smallest absolute Gasteiger partial charge is 0.118 e. The first-order valence-corrected chi connectivity index (χ1v) is 6.61. The number of hydrogen-bond donors (Lipinski definition) is 2. The maximum absolute atomic E-state index is 10.3. The lowest BCUT2D eigenvalue weighted by molar-refractivity contribution is -0.0357. The lowest BCUT2D eigenvalue weighted by Crippen LogP contribution is -2.54. The van der Waals surface area contributed by atoms with Gasteiger partial charge in [0.05, 0.1) is 12.7 Å². The molecule has 0 amide bonds. The highest BCUT2D eigenvalue weighted by atomic mass is 16.5. The van der Waals surface area contributed by atoms with E-state index in [9.17, 15) is 5.11 Å². The molecule has 0 aliphatic carbocycles. The maximum Gasteiger partial charge on any atom is 0.118 e. The fraction of sp³-hybridized carbons (Fsp3) is 0.600. The van der Waals surface area contributed by atoms with Gasteiger partial charge < -0.3 is 15.2 Å². The molecule has 3 unspecified atom stereocenters. The Morgan fingerprint density at radius 1 is 1.39 bits per heavy atom. The van der Waals surface area contributed by atoms with E-state index in [1.165, 1.54) is 5.56 Å². The fourth-order valence-corrected chi connectivity index (χ4v) is 2.61. The van der Waals surface area contributed by atoms with Crippen molar-refractivity contribution in [3.8, 4) is 5.75 Å². The van der Waals surface area contributed by atoms with Crippen LogP contribution in [-0.4, -0.2) is 30.4 Å². The molecule has 0 aromatic heterocycles. The average Bonchev–Trinajstić information content (AvgIpc) is 2.36. The molecule has 1 aliphatic heterocycles. The standard InChI is InChI=1S/C15H23NO2/c1-11-14(16-9-8-15(11,2)17)10-12-4-6-13(18-3)7-5-12/h4-7,11,14,16-17H,8-10H2,1-3H3. The Morgan fingerprint density at radius 3 is 2.67 bits per heavy atom. The van der Waals surface area contributed by atoms with E-state index in [2.05, 4.69) is 24.4 Å². The van der Waals surface area contributed by atoms with Gasteiger partial charge >= 0.3 is 0 Å². The second-order valence-corrected chi connectivity index (χ2v) is 5.51. The minimum absolute atomic E-state index is 0.258. The third-order valence-electron chi connectivity index (χ3n) is 4.24. The second kappa shape index (κ2) is 5.29. The summed E-state index contributed by atoms with van der Waals surface area (Å²) in [4.78, 5) is 0. The highest BCUT2D eigenvalue weighted by Gasteiger charge is 2.37. The Kier molecular flexibility index (Phi) is 3.93. The quantitative estimate of drug-likeness (QED) is 0.861. The summed E-state index contributed by atoms with van der Waals surface area (Å²) in [6, 6.07) is 8.50. The van der Waals surface area contributed by atoms with Gasteiger partial charge in [-0.1, -0.05) is 19.1 Å². The first kappa shape index (κ1) is 13.4. The van der Waals surface area contributed by atoms with Crippen LogP contribution in [0.15, 0.2) is 24.3 Å². The molecule has 3 atom stereocenters. The zero-order valence-electron chi connectivity index (χ0n) is 11.4. The molecular weight excluding hydrogens is 226 g/mol. The van der Waals surface area contributed by atoms with Crippen molar-refractivity contribution in [2.45, 2.75) is 38.3 Å². The molecule has 0 radical (unpaired) electrons. The molecule has 18 heavy (non-hydrogen) atoms. The van der Waals surface area contributed by atoms with Crippen LogP contribution in [0.3, 0.4) is 0 Å². The van der Waals surface area contributed by atoms with Crippen molar-refractivity contribution in [1.82, 2.24) is 5.32 Å². The fourth-order valence-electron chi connectivity index (χ4n) is 2.61. The van der Waals surface area contributed by atoms with Gasteiger partial charge in [-0.25, -0.2) is 0 Å². The van der Waals surface area contributed by atoms with Gasteiger partial charge in [0.15, 0.2) is 0 Å². The summed E-state index contributed by atoms with van der Waals surface area (Å²) in [6.07, 6.45) is 1.77. The number of hydrogen-bond acceptors (Lipinski definition) is 3. The molecule has 0 bridgehead atoms. The van der Waals surface area contributed by atoms with Crippen LogP contribution in [0.25, 0.3) is 0 Å². The second-order valence-electron chi connectivity index (χ2n) is 5.51. The summed E-state index contributed by atoms with van der Waals surface area (Å²) >= 11 is 0. The molecule has 3 nitrogen and oxygen atoms in total. The van der Waals surface area contributed by atoms with E-state index in [4.69, 9.17) is 4.74 Å². The van der Waals surface area contributed by atoms with Crippen molar-refractivity contribution >= 4 is 0 Å².